The smallest absolute Gasteiger partial charge is 0.234 e. The molecule has 0 amide bonds. The predicted octanol–water partition coefficient (Wildman–Crippen LogP) is 3.64. The zero-order valence-electron chi connectivity index (χ0n) is 13.7. The fraction of sp³-hybridized carbons (Fsp3) is 0.882. The molecular weight excluding hydrogens is 262 g/mol. The van der Waals surface area contributed by atoms with Crippen molar-refractivity contribution >= 4 is 0 Å². The minimum Gasteiger partial charge on any atom is -0.339 e. The summed E-state index contributed by atoms with van der Waals surface area (Å²) in [6.07, 6.45) is 7.25. The van der Waals surface area contributed by atoms with Gasteiger partial charge in [0.05, 0.1) is 5.41 Å². The lowest BCUT2D eigenvalue weighted by molar-refractivity contribution is 0.249. The van der Waals surface area contributed by atoms with Crippen LogP contribution in [0.3, 0.4) is 0 Å². The van der Waals surface area contributed by atoms with Crippen LogP contribution in [0.2, 0.25) is 0 Å². The standard InChI is InChI=1S/C17H29N3O/c1-4-17(9-10-18-11-17)16-19-15(20-21-16)14-7-5-13(6-8-14)12(2)3/h12-14,18H,4-11H2,1-3H3. The van der Waals surface area contributed by atoms with E-state index >= 15 is 0 Å². The topological polar surface area (TPSA) is 51.0 Å². The fourth-order valence-electron chi connectivity index (χ4n) is 4.04. The van der Waals surface area contributed by atoms with E-state index in [9.17, 15) is 0 Å². The van der Waals surface area contributed by atoms with E-state index in [2.05, 4.69) is 31.2 Å². The van der Waals surface area contributed by atoms with Crippen molar-refractivity contribution in [2.24, 2.45) is 11.8 Å². The van der Waals surface area contributed by atoms with E-state index in [0.717, 1.165) is 49.5 Å². The van der Waals surface area contributed by atoms with Gasteiger partial charge in [-0.1, -0.05) is 25.9 Å². The molecule has 1 atom stereocenters. The van der Waals surface area contributed by atoms with Crippen LogP contribution in [0.15, 0.2) is 4.52 Å². The lowest BCUT2D eigenvalue weighted by Crippen LogP contribution is -2.28. The van der Waals surface area contributed by atoms with E-state index in [4.69, 9.17) is 9.51 Å². The maximum atomic E-state index is 5.67. The molecule has 1 aliphatic carbocycles. The third-order valence-corrected chi connectivity index (χ3v) is 5.90. The van der Waals surface area contributed by atoms with Gasteiger partial charge in [-0.05, 0) is 56.9 Å². The summed E-state index contributed by atoms with van der Waals surface area (Å²) in [4.78, 5) is 4.81. The Morgan fingerprint density at radius 2 is 2.05 bits per heavy atom. The van der Waals surface area contributed by atoms with Gasteiger partial charge in [-0.25, -0.2) is 0 Å². The van der Waals surface area contributed by atoms with Crippen molar-refractivity contribution in [3.63, 3.8) is 0 Å². The molecule has 1 unspecified atom stereocenters. The van der Waals surface area contributed by atoms with Gasteiger partial charge in [0.1, 0.15) is 0 Å². The van der Waals surface area contributed by atoms with Gasteiger partial charge >= 0.3 is 0 Å². The molecular formula is C17H29N3O. The van der Waals surface area contributed by atoms with E-state index < -0.39 is 0 Å². The summed E-state index contributed by atoms with van der Waals surface area (Å²) in [7, 11) is 0. The first-order chi connectivity index (χ1) is 10.1. The Balaban J connectivity index is 1.68. The molecule has 1 saturated carbocycles. The second-order valence-corrected chi connectivity index (χ2v) is 7.37. The molecule has 0 spiro atoms. The highest BCUT2D eigenvalue weighted by atomic mass is 16.5. The Morgan fingerprint density at radius 1 is 1.29 bits per heavy atom. The Hall–Kier alpha value is -0.900. The Labute approximate surface area is 128 Å². The van der Waals surface area contributed by atoms with E-state index in [-0.39, 0.29) is 5.41 Å². The van der Waals surface area contributed by atoms with Gasteiger partial charge in [-0.2, -0.15) is 4.98 Å². The molecule has 4 heteroatoms. The van der Waals surface area contributed by atoms with Gasteiger partial charge in [-0.3, -0.25) is 0 Å². The van der Waals surface area contributed by atoms with Crippen LogP contribution in [0.1, 0.15) is 76.9 Å². The molecule has 1 N–H and O–H groups in total. The van der Waals surface area contributed by atoms with Crippen LogP contribution < -0.4 is 5.32 Å². The average Bonchev–Trinajstić information content (AvgIpc) is 3.17. The molecule has 3 rings (SSSR count). The first kappa shape index (κ1) is 15.0. The number of nitrogens with zero attached hydrogens (tertiary/aromatic N) is 2. The van der Waals surface area contributed by atoms with Crippen LogP contribution in [0.5, 0.6) is 0 Å². The molecule has 2 fully saturated rings. The van der Waals surface area contributed by atoms with Gasteiger partial charge in [0, 0.05) is 12.5 Å². The monoisotopic (exact) mass is 291 g/mol. The van der Waals surface area contributed by atoms with Gasteiger partial charge in [0.2, 0.25) is 5.89 Å². The number of hydrogen-bond donors (Lipinski definition) is 1. The Kier molecular flexibility index (Phi) is 4.34. The van der Waals surface area contributed by atoms with Crippen LogP contribution >= 0.6 is 0 Å². The molecule has 2 heterocycles. The first-order valence-electron chi connectivity index (χ1n) is 8.69. The van der Waals surface area contributed by atoms with Crippen LogP contribution in [0.25, 0.3) is 0 Å². The zero-order valence-corrected chi connectivity index (χ0v) is 13.7. The first-order valence-corrected chi connectivity index (χ1v) is 8.69. The van der Waals surface area contributed by atoms with Crippen molar-refractivity contribution in [3.05, 3.63) is 11.7 Å². The van der Waals surface area contributed by atoms with Crippen molar-refractivity contribution in [2.45, 2.75) is 70.6 Å². The van der Waals surface area contributed by atoms with Crippen LogP contribution in [0.4, 0.5) is 0 Å². The van der Waals surface area contributed by atoms with E-state index in [1.165, 1.54) is 25.7 Å². The van der Waals surface area contributed by atoms with Gasteiger partial charge in [0.25, 0.3) is 0 Å². The van der Waals surface area contributed by atoms with Crippen molar-refractivity contribution in [1.82, 2.24) is 15.5 Å². The van der Waals surface area contributed by atoms with Crippen molar-refractivity contribution < 1.29 is 4.52 Å². The summed E-state index contributed by atoms with van der Waals surface area (Å²) in [5.41, 5.74) is 0.0837. The van der Waals surface area contributed by atoms with Crippen LogP contribution in [-0.4, -0.2) is 23.2 Å². The minimum absolute atomic E-state index is 0.0837. The van der Waals surface area contributed by atoms with E-state index in [1.54, 1.807) is 0 Å². The minimum atomic E-state index is 0.0837. The summed E-state index contributed by atoms with van der Waals surface area (Å²) < 4.78 is 5.67. The van der Waals surface area contributed by atoms with E-state index in [0.29, 0.717) is 5.92 Å². The number of nitrogens with one attached hydrogen (secondary N) is 1. The molecule has 21 heavy (non-hydrogen) atoms. The predicted molar refractivity (Wildman–Crippen MR) is 83.3 cm³/mol. The summed E-state index contributed by atoms with van der Waals surface area (Å²) >= 11 is 0. The average molecular weight is 291 g/mol. The maximum absolute atomic E-state index is 5.67. The summed E-state index contributed by atoms with van der Waals surface area (Å²) in [6.45, 7) is 8.95. The summed E-state index contributed by atoms with van der Waals surface area (Å²) in [6, 6.07) is 0. The van der Waals surface area contributed by atoms with Gasteiger partial charge in [-0.15, -0.1) is 0 Å². The second kappa shape index (κ2) is 6.07. The molecule has 1 aromatic heterocycles. The highest BCUT2D eigenvalue weighted by molar-refractivity contribution is 5.11. The molecule has 0 bridgehead atoms. The third-order valence-electron chi connectivity index (χ3n) is 5.90. The van der Waals surface area contributed by atoms with Gasteiger partial charge < -0.3 is 9.84 Å². The lowest BCUT2D eigenvalue weighted by Gasteiger charge is -2.29. The Morgan fingerprint density at radius 3 is 2.62 bits per heavy atom. The maximum Gasteiger partial charge on any atom is 0.234 e. The number of rotatable bonds is 4. The SMILES string of the molecule is CCC1(c2nc(C3CCC(C(C)C)CC3)no2)CCNC1. The molecule has 1 aromatic rings. The second-order valence-electron chi connectivity index (χ2n) is 7.37. The number of hydrogen-bond acceptors (Lipinski definition) is 4. The molecule has 4 nitrogen and oxygen atoms in total. The third kappa shape index (κ3) is 2.87. The van der Waals surface area contributed by atoms with Gasteiger partial charge in [0.15, 0.2) is 5.82 Å². The molecule has 1 saturated heterocycles. The number of aromatic nitrogens is 2. The molecule has 0 radical (unpaired) electrons. The molecule has 1 aliphatic heterocycles. The highest BCUT2D eigenvalue weighted by Gasteiger charge is 2.40. The highest BCUT2D eigenvalue weighted by Crippen LogP contribution is 2.39. The lowest BCUT2D eigenvalue weighted by atomic mass is 9.77. The molecule has 118 valence electrons. The normalized spacial score (nSPS) is 33.7. The molecule has 0 aromatic carbocycles. The fourth-order valence-corrected chi connectivity index (χ4v) is 4.04. The van der Waals surface area contributed by atoms with Crippen LogP contribution in [0, 0.1) is 11.8 Å². The zero-order chi connectivity index (χ0) is 14.9. The van der Waals surface area contributed by atoms with Crippen LogP contribution in [-0.2, 0) is 5.41 Å². The van der Waals surface area contributed by atoms with Crippen molar-refractivity contribution in [1.29, 1.82) is 0 Å². The molecule has 2 aliphatic rings. The largest absolute Gasteiger partial charge is 0.339 e. The summed E-state index contributed by atoms with van der Waals surface area (Å²) in [5.74, 6) is 4.04. The quantitative estimate of drug-likeness (QED) is 0.920. The van der Waals surface area contributed by atoms with Crippen molar-refractivity contribution in [2.75, 3.05) is 13.1 Å². The Bertz CT molecular complexity index is 454. The summed E-state index contributed by atoms with van der Waals surface area (Å²) in [5, 5.41) is 7.78. The van der Waals surface area contributed by atoms with Crippen molar-refractivity contribution in [3.8, 4) is 0 Å². The van der Waals surface area contributed by atoms with E-state index in [1.807, 2.05) is 0 Å².